The van der Waals surface area contributed by atoms with Crippen molar-refractivity contribution < 1.29 is 4.74 Å². The highest BCUT2D eigenvalue weighted by molar-refractivity contribution is 5.46. The Balaban J connectivity index is 2.13. The first-order chi connectivity index (χ1) is 12.5. The molecule has 1 aliphatic heterocycles. The minimum absolute atomic E-state index is 0.267. The zero-order valence-electron chi connectivity index (χ0n) is 15.5. The molecule has 1 atom stereocenters. The van der Waals surface area contributed by atoms with Crippen LogP contribution >= 0.6 is 0 Å². The Hall–Kier alpha value is -3.02. The van der Waals surface area contributed by atoms with E-state index in [1.807, 2.05) is 51.4 Å². The lowest BCUT2D eigenvalue weighted by atomic mass is 9.89. The highest BCUT2D eigenvalue weighted by Crippen LogP contribution is 2.31. The third-order valence-electron chi connectivity index (χ3n) is 4.64. The van der Waals surface area contributed by atoms with Crippen molar-refractivity contribution in [3.05, 3.63) is 71.4 Å². The molecule has 2 aliphatic rings. The number of nitriles is 2. The lowest BCUT2D eigenvalue weighted by molar-refractivity contribution is 0.309. The molecule has 1 unspecified atom stereocenters. The molecule has 0 radical (unpaired) electrons. The fraction of sp³-hybridized carbons (Fsp3) is 0.333. The van der Waals surface area contributed by atoms with Gasteiger partial charge in [-0.25, -0.2) is 0 Å². The van der Waals surface area contributed by atoms with Gasteiger partial charge in [0.25, 0.3) is 0 Å². The topological polar surface area (TPSA) is 80.9 Å². The van der Waals surface area contributed by atoms with Crippen molar-refractivity contribution in [1.29, 1.82) is 10.5 Å². The van der Waals surface area contributed by atoms with E-state index in [-0.39, 0.29) is 5.54 Å². The summed E-state index contributed by atoms with van der Waals surface area (Å²) < 4.78 is 5.88. The highest BCUT2D eigenvalue weighted by Gasteiger charge is 2.24. The lowest BCUT2D eigenvalue weighted by Gasteiger charge is -2.29. The van der Waals surface area contributed by atoms with Gasteiger partial charge in [0.15, 0.2) is 0 Å². The second-order valence-corrected chi connectivity index (χ2v) is 6.29. The highest BCUT2D eigenvalue weighted by atomic mass is 16.5. The average Bonchev–Trinajstić information content (AvgIpc) is 2.66. The van der Waals surface area contributed by atoms with E-state index in [9.17, 15) is 0 Å². The maximum Gasteiger partial charge on any atom is 0.137 e. The summed E-state index contributed by atoms with van der Waals surface area (Å²) in [5, 5.41) is 24.4. The number of allylic oxidation sites excluding steroid dienone is 6. The summed E-state index contributed by atoms with van der Waals surface area (Å²) >= 11 is 0. The van der Waals surface area contributed by atoms with E-state index in [0.717, 1.165) is 23.3 Å². The minimum atomic E-state index is -0.695. The van der Waals surface area contributed by atoms with Crippen molar-refractivity contribution in [3.8, 4) is 12.1 Å². The van der Waals surface area contributed by atoms with Crippen LogP contribution in [0.3, 0.4) is 0 Å². The van der Waals surface area contributed by atoms with Crippen LogP contribution in [0, 0.1) is 28.6 Å². The fourth-order valence-corrected chi connectivity index (χ4v) is 2.90. The Morgan fingerprint density at radius 3 is 2.62 bits per heavy atom. The van der Waals surface area contributed by atoms with Gasteiger partial charge in [-0.2, -0.15) is 10.5 Å². The Morgan fingerprint density at radius 1 is 1.38 bits per heavy atom. The molecule has 0 bridgehead atoms. The van der Waals surface area contributed by atoms with Crippen molar-refractivity contribution in [2.45, 2.75) is 25.3 Å². The maximum atomic E-state index is 8.99. The van der Waals surface area contributed by atoms with Crippen LogP contribution in [0.25, 0.3) is 0 Å². The molecule has 5 nitrogen and oxygen atoms in total. The van der Waals surface area contributed by atoms with Gasteiger partial charge in [-0.1, -0.05) is 24.8 Å². The third kappa shape index (κ3) is 4.33. The second-order valence-electron chi connectivity index (χ2n) is 6.29. The molecule has 0 aromatic carbocycles. The van der Waals surface area contributed by atoms with Crippen LogP contribution in [0.1, 0.15) is 19.8 Å². The number of ether oxygens (including phenoxy) is 1. The summed E-state index contributed by atoms with van der Waals surface area (Å²) in [6.45, 7) is 5.89. The summed E-state index contributed by atoms with van der Waals surface area (Å²) in [5.74, 6) is 0.676. The largest absolute Gasteiger partial charge is 0.462 e. The standard InChI is InChI=1S/C21H24N4O/c1-15-11-19(26-16(2)20(15)12-17(13-22)14-23)7-10-21(25-4)8-5-18(24-3)6-9-21/h5-8,10-11,17,24-25H,1,9,12H2,2-4H3. The molecule has 0 spiro atoms. The summed E-state index contributed by atoms with van der Waals surface area (Å²) in [7, 11) is 3.83. The smallest absolute Gasteiger partial charge is 0.137 e. The van der Waals surface area contributed by atoms with E-state index in [4.69, 9.17) is 15.3 Å². The predicted molar refractivity (Wildman–Crippen MR) is 102 cm³/mol. The van der Waals surface area contributed by atoms with Crippen LogP contribution < -0.4 is 10.6 Å². The first kappa shape index (κ1) is 19.3. The molecule has 0 amide bonds. The van der Waals surface area contributed by atoms with Gasteiger partial charge in [0.1, 0.15) is 17.4 Å². The molecule has 134 valence electrons. The van der Waals surface area contributed by atoms with Crippen LogP contribution in [0.5, 0.6) is 0 Å². The zero-order chi connectivity index (χ0) is 19.2. The third-order valence-corrected chi connectivity index (χ3v) is 4.64. The predicted octanol–water partition coefficient (Wildman–Crippen LogP) is 3.36. The van der Waals surface area contributed by atoms with E-state index in [2.05, 4.69) is 35.4 Å². The van der Waals surface area contributed by atoms with E-state index < -0.39 is 5.92 Å². The van der Waals surface area contributed by atoms with Crippen molar-refractivity contribution in [1.82, 2.24) is 10.6 Å². The molecule has 5 heteroatoms. The Kier molecular flexibility index (Phi) is 6.22. The quantitative estimate of drug-likeness (QED) is 0.769. The van der Waals surface area contributed by atoms with Crippen molar-refractivity contribution in [2.24, 2.45) is 5.92 Å². The van der Waals surface area contributed by atoms with Gasteiger partial charge in [-0.05, 0) is 49.8 Å². The summed E-state index contributed by atoms with van der Waals surface area (Å²) in [6, 6.07) is 3.97. The van der Waals surface area contributed by atoms with E-state index in [1.54, 1.807) is 0 Å². The van der Waals surface area contributed by atoms with Gasteiger partial charge in [0.2, 0.25) is 0 Å². The molecule has 0 saturated heterocycles. The molecule has 2 N–H and O–H groups in total. The summed E-state index contributed by atoms with van der Waals surface area (Å²) in [4.78, 5) is 0. The van der Waals surface area contributed by atoms with Crippen LogP contribution in [-0.4, -0.2) is 19.6 Å². The summed E-state index contributed by atoms with van der Waals surface area (Å²) in [5.41, 5.74) is 2.42. The van der Waals surface area contributed by atoms with Gasteiger partial charge >= 0.3 is 0 Å². The molecule has 26 heavy (non-hydrogen) atoms. The lowest BCUT2D eigenvalue weighted by Crippen LogP contribution is -2.40. The monoisotopic (exact) mass is 348 g/mol. The molecule has 1 heterocycles. The number of hydrogen-bond donors (Lipinski definition) is 2. The molecular formula is C21H24N4O. The Labute approximate surface area is 155 Å². The fourth-order valence-electron chi connectivity index (χ4n) is 2.90. The molecular weight excluding hydrogens is 324 g/mol. The van der Waals surface area contributed by atoms with Gasteiger partial charge in [-0.3, -0.25) is 0 Å². The van der Waals surface area contributed by atoms with E-state index in [0.29, 0.717) is 17.9 Å². The minimum Gasteiger partial charge on any atom is -0.462 e. The number of nitrogens with zero attached hydrogens (tertiary/aromatic N) is 2. The number of nitrogens with one attached hydrogen (secondary N) is 2. The van der Waals surface area contributed by atoms with E-state index in [1.165, 1.54) is 0 Å². The molecule has 2 rings (SSSR count). The summed E-state index contributed by atoms with van der Waals surface area (Å²) in [6.07, 6.45) is 13.3. The Morgan fingerprint density at radius 2 is 2.12 bits per heavy atom. The van der Waals surface area contributed by atoms with Crippen molar-refractivity contribution >= 4 is 0 Å². The van der Waals surface area contributed by atoms with Gasteiger partial charge in [0.05, 0.1) is 17.7 Å². The number of likely N-dealkylation sites (N-methyl/N-ethyl adjacent to an activating group) is 2. The van der Waals surface area contributed by atoms with Crippen LogP contribution in [0.15, 0.2) is 71.4 Å². The van der Waals surface area contributed by atoms with E-state index >= 15 is 0 Å². The molecule has 0 aromatic heterocycles. The Bertz CT molecular complexity index is 800. The zero-order valence-corrected chi connectivity index (χ0v) is 15.5. The van der Waals surface area contributed by atoms with Crippen molar-refractivity contribution in [2.75, 3.05) is 14.1 Å². The first-order valence-electron chi connectivity index (χ1n) is 8.50. The average molecular weight is 348 g/mol. The van der Waals surface area contributed by atoms with Gasteiger partial charge < -0.3 is 15.4 Å². The molecule has 0 fully saturated rings. The number of rotatable bonds is 6. The van der Waals surface area contributed by atoms with Crippen LogP contribution in [0.2, 0.25) is 0 Å². The van der Waals surface area contributed by atoms with Gasteiger partial charge in [0, 0.05) is 19.2 Å². The van der Waals surface area contributed by atoms with Gasteiger partial charge in [-0.15, -0.1) is 0 Å². The second kappa shape index (κ2) is 8.38. The molecule has 0 aromatic rings. The SMILES string of the molecule is C=C1C=C(C=CC2(NC)C=CC(NC)=CC2)OC(C)=C1CC(C#N)C#N. The maximum absolute atomic E-state index is 8.99. The molecule has 0 saturated carbocycles. The first-order valence-corrected chi connectivity index (χ1v) is 8.50. The molecule has 1 aliphatic carbocycles. The van der Waals surface area contributed by atoms with Crippen molar-refractivity contribution in [3.63, 3.8) is 0 Å². The normalized spacial score (nSPS) is 22.6. The number of hydrogen-bond acceptors (Lipinski definition) is 5. The van der Waals surface area contributed by atoms with Crippen LogP contribution in [-0.2, 0) is 4.74 Å². The van der Waals surface area contributed by atoms with Crippen LogP contribution in [0.4, 0.5) is 0 Å².